The van der Waals surface area contributed by atoms with Gasteiger partial charge >= 0.3 is 0 Å². The number of hydrogen-bond acceptors (Lipinski definition) is 3. The molecule has 0 radical (unpaired) electrons. The largest absolute Gasteiger partial charge is 0.346 e. The Morgan fingerprint density at radius 2 is 1.68 bits per heavy atom. The first-order valence-corrected chi connectivity index (χ1v) is 9.18. The molecule has 0 aliphatic rings. The summed E-state index contributed by atoms with van der Waals surface area (Å²) in [5.41, 5.74) is 2.02. The van der Waals surface area contributed by atoms with E-state index in [4.69, 9.17) is 0 Å². The van der Waals surface area contributed by atoms with Crippen molar-refractivity contribution in [1.82, 2.24) is 24.6 Å². The van der Waals surface area contributed by atoms with Crippen molar-refractivity contribution in [2.45, 2.75) is 19.1 Å². The number of aromatic nitrogens is 4. The number of imidazole rings is 1. The highest BCUT2D eigenvalue weighted by Gasteiger charge is 2.17. The smallest absolute Gasteiger partial charge is 0.240 e. The summed E-state index contributed by atoms with van der Waals surface area (Å²) < 4.78 is 3.69. The number of benzene rings is 2. The van der Waals surface area contributed by atoms with E-state index in [0.29, 0.717) is 6.54 Å². The second kappa shape index (κ2) is 8.35. The molecule has 2 heterocycles. The van der Waals surface area contributed by atoms with Crippen LogP contribution in [0.4, 0.5) is 0 Å². The van der Waals surface area contributed by atoms with Gasteiger partial charge in [-0.15, -0.1) is 0 Å². The average Bonchev–Trinajstić information content (AvgIpc) is 3.41. The summed E-state index contributed by atoms with van der Waals surface area (Å²) in [5.74, 6) is 0.704. The highest BCUT2D eigenvalue weighted by atomic mass is 16.2. The molecule has 6 heteroatoms. The fourth-order valence-electron chi connectivity index (χ4n) is 3.19. The van der Waals surface area contributed by atoms with E-state index in [0.717, 1.165) is 17.0 Å². The average molecular weight is 371 g/mol. The van der Waals surface area contributed by atoms with E-state index in [1.54, 1.807) is 12.4 Å². The van der Waals surface area contributed by atoms with E-state index >= 15 is 0 Å². The highest BCUT2D eigenvalue weighted by molar-refractivity contribution is 5.77. The minimum atomic E-state index is -0.169. The Morgan fingerprint density at radius 1 is 0.929 bits per heavy atom. The van der Waals surface area contributed by atoms with Gasteiger partial charge in [-0.2, -0.15) is 5.10 Å². The first-order valence-electron chi connectivity index (χ1n) is 9.18. The predicted molar refractivity (Wildman–Crippen MR) is 107 cm³/mol. The van der Waals surface area contributed by atoms with Gasteiger partial charge in [0.25, 0.3) is 0 Å². The first-order chi connectivity index (χ1) is 13.8. The van der Waals surface area contributed by atoms with Crippen LogP contribution in [0.25, 0.3) is 11.4 Å². The summed E-state index contributed by atoms with van der Waals surface area (Å²) >= 11 is 0. The van der Waals surface area contributed by atoms with E-state index in [1.807, 2.05) is 88.4 Å². The van der Waals surface area contributed by atoms with Crippen LogP contribution in [-0.2, 0) is 17.9 Å². The van der Waals surface area contributed by atoms with E-state index in [2.05, 4.69) is 15.4 Å². The van der Waals surface area contributed by atoms with Crippen LogP contribution >= 0.6 is 0 Å². The Bertz CT molecular complexity index is 1010. The van der Waals surface area contributed by atoms with Crippen molar-refractivity contribution in [3.63, 3.8) is 0 Å². The lowest BCUT2D eigenvalue weighted by Gasteiger charge is -2.20. The Labute approximate surface area is 163 Å². The second-order valence-electron chi connectivity index (χ2n) is 6.50. The molecule has 0 aliphatic carbocycles. The minimum Gasteiger partial charge on any atom is -0.346 e. The molecule has 0 fully saturated rings. The third-order valence-electron chi connectivity index (χ3n) is 4.53. The van der Waals surface area contributed by atoms with Crippen LogP contribution in [0.2, 0.25) is 0 Å². The lowest BCUT2D eigenvalue weighted by molar-refractivity contribution is -0.122. The molecule has 1 N–H and O–H groups in total. The van der Waals surface area contributed by atoms with Gasteiger partial charge in [0.1, 0.15) is 12.4 Å². The van der Waals surface area contributed by atoms with Gasteiger partial charge in [-0.3, -0.25) is 9.48 Å². The molecule has 1 atom stereocenters. The Balaban J connectivity index is 1.50. The van der Waals surface area contributed by atoms with Crippen molar-refractivity contribution in [3.05, 3.63) is 97.1 Å². The Morgan fingerprint density at radius 3 is 2.39 bits per heavy atom. The van der Waals surface area contributed by atoms with E-state index in [-0.39, 0.29) is 18.5 Å². The van der Waals surface area contributed by atoms with Crippen molar-refractivity contribution >= 4 is 5.91 Å². The molecular weight excluding hydrogens is 350 g/mol. The number of amides is 1. The van der Waals surface area contributed by atoms with Gasteiger partial charge in [0.05, 0.1) is 12.6 Å². The number of nitrogens with one attached hydrogen (secondary N) is 1. The molecule has 0 unspecified atom stereocenters. The zero-order chi connectivity index (χ0) is 19.2. The Hall–Kier alpha value is -3.67. The fourth-order valence-corrected chi connectivity index (χ4v) is 3.19. The number of nitrogens with zero attached hydrogens (tertiary/aromatic N) is 4. The number of carbonyl (C=O) groups excluding carboxylic acids is 1. The first kappa shape index (κ1) is 17.7. The van der Waals surface area contributed by atoms with Crippen molar-refractivity contribution in [2.24, 2.45) is 0 Å². The molecule has 6 nitrogen and oxygen atoms in total. The van der Waals surface area contributed by atoms with Gasteiger partial charge in [0, 0.05) is 30.4 Å². The molecule has 140 valence electrons. The number of carbonyl (C=O) groups is 1. The summed E-state index contributed by atoms with van der Waals surface area (Å²) in [6, 6.07) is 21.5. The quantitative estimate of drug-likeness (QED) is 0.542. The number of hydrogen-bond donors (Lipinski definition) is 1. The van der Waals surface area contributed by atoms with Crippen LogP contribution in [0.1, 0.15) is 11.6 Å². The van der Waals surface area contributed by atoms with Crippen molar-refractivity contribution in [2.75, 3.05) is 0 Å². The Kier molecular flexibility index (Phi) is 5.29. The molecular formula is C22H21N5O. The summed E-state index contributed by atoms with van der Waals surface area (Å²) in [7, 11) is 0. The highest BCUT2D eigenvalue weighted by Crippen LogP contribution is 2.18. The third kappa shape index (κ3) is 4.17. The molecule has 0 saturated carbocycles. The zero-order valence-corrected chi connectivity index (χ0v) is 15.3. The molecule has 2 aromatic heterocycles. The third-order valence-corrected chi connectivity index (χ3v) is 4.53. The molecule has 4 aromatic rings. The summed E-state index contributed by atoms with van der Waals surface area (Å²) in [4.78, 5) is 17.2. The van der Waals surface area contributed by atoms with E-state index < -0.39 is 0 Å². The second-order valence-corrected chi connectivity index (χ2v) is 6.50. The molecule has 0 saturated heterocycles. The summed E-state index contributed by atoms with van der Waals surface area (Å²) in [5, 5.41) is 7.41. The van der Waals surface area contributed by atoms with Crippen LogP contribution < -0.4 is 5.32 Å². The van der Waals surface area contributed by atoms with Crippen LogP contribution in [0.3, 0.4) is 0 Å². The number of rotatable bonds is 7. The lowest BCUT2D eigenvalue weighted by Crippen LogP contribution is -2.34. The van der Waals surface area contributed by atoms with Crippen molar-refractivity contribution in [3.8, 4) is 11.4 Å². The predicted octanol–water partition coefficient (Wildman–Crippen LogP) is 3.30. The van der Waals surface area contributed by atoms with Crippen LogP contribution in [0.5, 0.6) is 0 Å². The molecule has 4 rings (SSSR count). The van der Waals surface area contributed by atoms with E-state index in [1.165, 1.54) is 0 Å². The van der Waals surface area contributed by atoms with Gasteiger partial charge < -0.3 is 9.88 Å². The van der Waals surface area contributed by atoms with Crippen LogP contribution in [0.15, 0.2) is 91.5 Å². The van der Waals surface area contributed by atoms with Crippen LogP contribution in [-0.4, -0.2) is 25.2 Å². The fraction of sp³-hybridized carbons (Fsp3) is 0.136. The maximum absolute atomic E-state index is 12.8. The maximum atomic E-state index is 12.8. The van der Waals surface area contributed by atoms with Gasteiger partial charge in [0.15, 0.2) is 0 Å². The molecule has 28 heavy (non-hydrogen) atoms. The summed E-state index contributed by atoms with van der Waals surface area (Å²) in [6.45, 7) is 0.769. The molecule has 0 spiro atoms. The SMILES string of the molecule is O=C(Cn1ccnc1-c1ccccc1)N[C@@H](Cn1cccn1)c1ccccc1. The van der Waals surface area contributed by atoms with Gasteiger partial charge in [0.2, 0.25) is 5.91 Å². The summed E-state index contributed by atoms with van der Waals surface area (Å²) in [6.07, 6.45) is 7.17. The standard InChI is InChI=1S/C22H21N5O/c28-21(17-26-15-13-23-22(26)19-10-5-2-6-11-19)25-20(16-27-14-7-12-24-27)18-8-3-1-4-9-18/h1-15,20H,16-17H2,(H,25,28)/t20-/m0/s1. The molecule has 1 amide bonds. The molecule has 2 aromatic carbocycles. The maximum Gasteiger partial charge on any atom is 0.240 e. The topological polar surface area (TPSA) is 64.7 Å². The molecule has 0 aliphatic heterocycles. The van der Waals surface area contributed by atoms with Crippen LogP contribution in [0, 0.1) is 0 Å². The van der Waals surface area contributed by atoms with Gasteiger partial charge in [-0.05, 0) is 11.6 Å². The van der Waals surface area contributed by atoms with Gasteiger partial charge in [-0.25, -0.2) is 4.98 Å². The normalized spacial score (nSPS) is 11.9. The van der Waals surface area contributed by atoms with Gasteiger partial charge in [-0.1, -0.05) is 60.7 Å². The van der Waals surface area contributed by atoms with Crippen molar-refractivity contribution < 1.29 is 4.79 Å². The zero-order valence-electron chi connectivity index (χ0n) is 15.3. The van der Waals surface area contributed by atoms with Crippen molar-refractivity contribution in [1.29, 1.82) is 0 Å². The monoisotopic (exact) mass is 371 g/mol. The lowest BCUT2D eigenvalue weighted by atomic mass is 10.1. The van der Waals surface area contributed by atoms with E-state index in [9.17, 15) is 4.79 Å². The molecule has 0 bridgehead atoms. The minimum absolute atomic E-state index is 0.0730.